The summed E-state index contributed by atoms with van der Waals surface area (Å²) in [5, 5.41) is 2.65. The molecule has 1 amide bonds. The third-order valence-corrected chi connectivity index (χ3v) is 1.99. The average Bonchev–Trinajstić information content (AvgIpc) is 2.17. The van der Waals surface area contributed by atoms with Gasteiger partial charge >= 0.3 is 0 Å². The minimum atomic E-state index is -0.482. The fourth-order valence-electron chi connectivity index (χ4n) is 0.867. The molecule has 0 aliphatic heterocycles. The molecule has 0 aliphatic carbocycles. The highest BCUT2D eigenvalue weighted by Crippen LogP contribution is 1.98. The standard InChI is InChI=1S/C9H20N2O3/c1-6(2)8(10)9(12)11-5-7(13-3)14-4/h6-8H,5,10H2,1-4H3,(H,11,12). The Kier molecular flexibility index (Phi) is 6.44. The lowest BCUT2D eigenvalue weighted by Gasteiger charge is -2.18. The van der Waals surface area contributed by atoms with Gasteiger partial charge in [-0.15, -0.1) is 0 Å². The Morgan fingerprint density at radius 2 is 1.86 bits per heavy atom. The molecule has 3 N–H and O–H groups in total. The second-order valence-electron chi connectivity index (χ2n) is 3.42. The summed E-state index contributed by atoms with van der Waals surface area (Å²) in [7, 11) is 3.03. The van der Waals surface area contributed by atoms with E-state index in [2.05, 4.69) is 5.32 Å². The Morgan fingerprint density at radius 3 is 2.21 bits per heavy atom. The van der Waals surface area contributed by atoms with Crippen LogP contribution in [0, 0.1) is 5.92 Å². The minimum Gasteiger partial charge on any atom is -0.354 e. The van der Waals surface area contributed by atoms with E-state index < -0.39 is 12.3 Å². The topological polar surface area (TPSA) is 73.6 Å². The molecular formula is C9H20N2O3. The molecule has 1 atom stereocenters. The van der Waals surface area contributed by atoms with Gasteiger partial charge in [-0.25, -0.2) is 0 Å². The summed E-state index contributed by atoms with van der Waals surface area (Å²) in [6.45, 7) is 4.11. The molecule has 0 saturated carbocycles. The molecule has 0 aliphatic rings. The van der Waals surface area contributed by atoms with Crippen LogP contribution in [0.2, 0.25) is 0 Å². The number of methoxy groups -OCH3 is 2. The van der Waals surface area contributed by atoms with E-state index in [0.717, 1.165) is 0 Å². The van der Waals surface area contributed by atoms with Gasteiger partial charge < -0.3 is 20.5 Å². The summed E-state index contributed by atoms with van der Waals surface area (Å²) in [5.74, 6) is -0.0577. The van der Waals surface area contributed by atoms with E-state index in [1.54, 1.807) is 0 Å². The average molecular weight is 204 g/mol. The van der Waals surface area contributed by atoms with Crippen LogP contribution >= 0.6 is 0 Å². The van der Waals surface area contributed by atoms with Crippen LogP contribution in [0.3, 0.4) is 0 Å². The van der Waals surface area contributed by atoms with Crippen LogP contribution < -0.4 is 11.1 Å². The number of ether oxygens (including phenoxy) is 2. The summed E-state index contributed by atoms with van der Waals surface area (Å²) < 4.78 is 9.82. The molecule has 0 bridgehead atoms. The maximum atomic E-state index is 11.4. The lowest BCUT2D eigenvalue weighted by Crippen LogP contribution is -2.46. The van der Waals surface area contributed by atoms with E-state index in [1.165, 1.54) is 14.2 Å². The predicted octanol–water partition coefficient (Wildman–Crippen LogP) is -0.295. The zero-order valence-corrected chi connectivity index (χ0v) is 9.24. The van der Waals surface area contributed by atoms with Crippen molar-refractivity contribution in [1.82, 2.24) is 5.32 Å². The van der Waals surface area contributed by atoms with Gasteiger partial charge in [0.25, 0.3) is 0 Å². The fourth-order valence-corrected chi connectivity index (χ4v) is 0.867. The van der Waals surface area contributed by atoms with Crippen LogP contribution in [-0.2, 0) is 14.3 Å². The largest absolute Gasteiger partial charge is 0.354 e. The number of carbonyl (C=O) groups excluding carboxylic acids is 1. The third-order valence-electron chi connectivity index (χ3n) is 1.99. The highest BCUT2D eigenvalue weighted by atomic mass is 16.7. The van der Waals surface area contributed by atoms with Gasteiger partial charge in [0.1, 0.15) is 0 Å². The predicted molar refractivity (Wildman–Crippen MR) is 53.6 cm³/mol. The Labute approximate surface area is 84.9 Å². The van der Waals surface area contributed by atoms with Crippen molar-refractivity contribution in [2.75, 3.05) is 20.8 Å². The second-order valence-corrected chi connectivity index (χ2v) is 3.42. The van der Waals surface area contributed by atoms with Crippen LogP contribution in [-0.4, -0.2) is 39.0 Å². The molecule has 0 aromatic rings. The number of hydrogen-bond acceptors (Lipinski definition) is 4. The maximum absolute atomic E-state index is 11.4. The highest BCUT2D eigenvalue weighted by molar-refractivity contribution is 5.81. The van der Waals surface area contributed by atoms with E-state index in [9.17, 15) is 4.79 Å². The van der Waals surface area contributed by atoms with Crippen molar-refractivity contribution in [3.05, 3.63) is 0 Å². The summed E-state index contributed by atoms with van der Waals surface area (Å²) in [4.78, 5) is 11.4. The zero-order valence-electron chi connectivity index (χ0n) is 9.24. The molecule has 84 valence electrons. The molecule has 0 heterocycles. The first-order valence-electron chi connectivity index (χ1n) is 4.61. The Morgan fingerprint density at radius 1 is 1.36 bits per heavy atom. The first-order chi connectivity index (χ1) is 6.52. The quantitative estimate of drug-likeness (QED) is 0.583. The number of nitrogens with two attached hydrogens (primary N) is 1. The van der Waals surface area contributed by atoms with Crippen molar-refractivity contribution in [1.29, 1.82) is 0 Å². The summed E-state index contributed by atoms with van der Waals surface area (Å²) in [6, 6.07) is -0.482. The van der Waals surface area contributed by atoms with Gasteiger partial charge in [-0.1, -0.05) is 13.8 Å². The van der Waals surface area contributed by atoms with Crippen LogP contribution in [0.1, 0.15) is 13.8 Å². The molecule has 0 fully saturated rings. The van der Waals surface area contributed by atoms with Gasteiger partial charge in [-0.2, -0.15) is 0 Å². The number of nitrogens with one attached hydrogen (secondary N) is 1. The molecule has 0 saturated heterocycles. The van der Waals surface area contributed by atoms with Crippen LogP contribution in [0.25, 0.3) is 0 Å². The van der Waals surface area contributed by atoms with Gasteiger partial charge in [-0.05, 0) is 5.92 Å². The summed E-state index contributed by atoms with van der Waals surface area (Å²) in [5.41, 5.74) is 5.64. The lowest BCUT2D eigenvalue weighted by molar-refractivity contribution is -0.129. The molecule has 0 aromatic carbocycles. The van der Waals surface area contributed by atoms with Crippen molar-refractivity contribution in [3.63, 3.8) is 0 Å². The summed E-state index contributed by atoms with van der Waals surface area (Å²) >= 11 is 0. The van der Waals surface area contributed by atoms with Crippen LogP contribution in [0.15, 0.2) is 0 Å². The smallest absolute Gasteiger partial charge is 0.237 e. The molecule has 1 unspecified atom stereocenters. The van der Waals surface area contributed by atoms with Crippen molar-refractivity contribution in [2.45, 2.75) is 26.2 Å². The fraction of sp³-hybridized carbons (Fsp3) is 0.889. The van der Waals surface area contributed by atoms with E-state index in [0.29, 0.717) is 6.54 Å². The molecule has 0 spiro atoms. The zero-order chi connectivity index (χ0) is 11.1. The SMILES string of the molecule is COC(CNC(=O)C(N)C(C)C)OC. The minimum absolute atomic E-state index is 0.124. The number of carbonyl (C=O) groups is 1. The highest BCUT2D eigenvalue weighted by Gasteiger charge is 2.17. The molecular weight excluding hydrogens is 184 g/mol. The van der Waals surface area contributed by atoms with E-state index in [4.69, 9.17) is 15.2 Å². The van der Waals surface area contributed by atoms with Gasteiger partial charge in [-0.3, -0.25) is 4.79 Å². The van der Waals surface area contributed by atoms with Crippen LogP contribution in [0.5, 0.6) is 0 Å². The van der Waals surface area contributed by atoms with Gasteiger partial charge in [0, 0.05) is 14.2 Å². The summed E-state index contributed by atoms with van der Waals surface area (Å²) in [6.07, 6.45) is -0.418. The third kappa shape index (κ3) is 4.55. The van der Waals surface area contributed by atoms with Crippen molar-refractivity contribution in [2.24, 2.45) is 11.7 Å². The number of hydrogen-bond donors (Lipinski definition) is 2. The van der Waals surface area contributed by atoms with E-state index >= 15 is 0 Å². The maximum Gasteiger partial charge on any atom is 0.237 e. The van der Waals surface area contributed by atoms with Crippen molar-refractivity contribution in [3.8, 4) is 0 Å². The molecule has 0 radical (unpaired) electrons. The normalized spacial score (nSPS) is 13.4. The Bertz CT molecular complexity index is 169. The molecule has 5 nitrogen and oxygen atoms in total. The number of amides is 1. The number of rotatable bonds is 6. The van der Waals surface area contributed by atoms with Gasteiger partial charge in [0.15, 0.2) is 6.29 Å². The first-order valence-corrected chi connectivity index (χ1v) is 4.61. The van der Waals surface area contributed by atoms with Crippen molar-refractivity contribution < 1.29 is 14.3 Å². The van der Waals surface area contributed by atoms with E-state index in [1.807, 2.05) is 13.8 Å². The molecule has 5 heteroatoms. The lowest BCUT2D eigenvalue weighted by atomic mass is 10.1. The molecule has 0 rings (SSSR count). The second kappa shape index (κ2) is 6.75. The van der Waals surface area contributed by atoms with Gasteiger partial charge in [0.05, 0.1) is 12.6 Å². The first kappa shape index (κ1) is 13.4. The van der Waals surface area contributed by atoms with Crippen molar-refractivity contribution >= 4 is 5.91 Å². The van der Waals surface area contributed by atoms with E-state index in [-0.39, 0.29) is 11.8 Å². The molecule has 0 aromatic heterocycles. The monoisotopic (exact) mass is 204 g/mol. The Hall–Kier alpha value is -0.650. The molecule has 14 heavy (non-hydrogen) atoms. The van der Waals surface area contributed by atoms with Gasteiger partial charge in [0.2, 0.25) is 5.91 Å². The Balaban J connectivity index is 3.83. The van der Waals surface area contributed by atoms with Crippen LogP contribution in [0.4, 0.5) is 0 Å².